The van der Waals surface area contributed by atoms with Gasteiger partial charge in [0.25, 0.3) is 5.91 Å². The van der Waals surface area contributed by atoms with Gasteiger partial charge in [-0.1, -0.05) is 6.07 Å². The molecule has 0 radical (unpaired) electrons. The molecule has 0 aliphatic carbocycles. The van der Waals surface area contributed by atoms with E-state index in [4.69, 9.17) is 4.74 Å². The summed E-state index contributed by atoms with van der Waals surface area (Å²) in [5.74, 6) is -2.20. The summed E-state index contributed by atoms with van der Waals surface area (Å²) < 4.78 is 69.6. The Morgan fingerprint density at radius 3 is 2.66 bits per heavy atom. The topological polar surface area (TPSA) is 41.6 Å². The fraction of sp³-hybridized carbons (Fsp3) is 0.350. The van der Waals surface area contributed by atoms with Gasteiger partial charge in [-0.2, -0.15) is 13.2 Å². The van der Waals surface area contributed by atoms with Gasteiger partial charge in [-0.15, -0.1) is 0 Å². The molecule has 2 aromatic carbocycles. The molecular formula is C20H19F5N2O2. The molecule has 1 N–H and O–H groups in total. The number of hydrogen-bond donors (Lipinski definition) is 1. The minimum Gasteiger partial charge on any atom is -0.484 e. The second-order valence-corrected chi connectivity index (χ2v) is 6.82. The van der Waals surface area contributed by atoms with E-state index in [1.807, 2.05) is 4.90 Å². The molecular weight excluding hydrogens is 395 g/mol. The van der Waals surface area contributed by atoms with Crippen LogP contribution in [0.2, 0.25) is 0 Å². The minimum atomic E-state index is -4.48. The van der Waals surface area contributed by atoms with E-state index < -0.39 is 35.9 Å². The van der Waals surface area contributed by atoms with Crippen LogP contribution in [0.25, 0.3) is 0 Å². The fourth-order valence-corrected chi connectivity index (χ4v) is 3.14. The number of ether oxygens (including phenoxy) is 1. The Kier molecular flexibility index (Phi) is 6.24. The van der Waals surface area contributed by atoms with Crippen LogP contribution in [0, 0.1) is 17.6 Å². The van der Waals surface area contributed by atoms with Gasteiger partial charge in [0.05, 0.1) is 5.56 Å². The molecule has 2 aromatic rings. The smallest absolute Gasteiger partial charge is 0.416 e. The van der Waals surface area contributed by atoms with Crippen molar-refractivity contribution in [2.45, 2.75) is 12.6 Å². The van der Waals surface area contributed by atoms with Crippen LogP contribution < -0.4 is 15.0 Å². The summed E-state index contributed by atoms with van der Waals surface area (Å²) in [6.45, 7) is 1.16. The van der Waals surface area contributed by atoms with Crippen molar-refractivity contribution in [3.8, 4) is 5.75 Å². The van der Waals surface area contributed by atoms with E-state index in [1.165, 1.54) is 18.2 Å². The number of anilines is 1. The van der Waals surface area contributed by atoms with Crippen LogP contribution in [0.5, 0.6) is 5.75 Å². The molecule has 1 atom stereocenters. The number of carbonyl (C=O) groups is 1. The maximum atomic E-state index is 13.4. The Hall–Kier alpha value is -2.84. The molecule has 29 heavy (non-hydrogen) atoms. The normalized spacial score (nSPS) is 16.7. The third kappa shape index (κ3) is 5.58. The highest BCUT2D eigenvalue weighted by Crippen LogP contribution is 2.31. The van der Waals surface area contributed by atoms with Gasteiger partial charge in [0.15, 0.2) is 18.2 Å². The minimum absolute atomic E-state index is 0.0413. The molecule has 0 aromatic heterocycles. The summed E-state index contributed by atoms with van der Waals surface area (Å²) in [5.41, 5.74) is -0.274. The Morgan fingerprint density at radius 2 is 1.93 bits per heavy atom. The molecule has 1 unspecified atom stereocenters. The maximum absolute atomic E-state index is 13.4. The number of carbonyl (C=O) groups excluding carboxylic acids is 1. The second-order valence-electron chi connectivity index (χ2n) is 6.82. The van der Waals surface area contributed by atoms with Gasteiger partial charge in [0, 0.05) is 31.4 Å². The van der Waals surface area contributed by atoms with E-state index in [9.17, 15) is 26.7 Å². The SMILES string of the molecule is O=C(COc1cccc(C(F)(F)F)c1)NCC1CCN(c2ccc(F)c(F)c2)C1. The Morgan fingerprint density at radius 1 is 1.14 bits per heavy atom. The molecule has 1 saturated heterocycles. The predicted octanol–water partition coefficient (Wildman–Crippen LogP) is 4.01. The van der Waals surface area contributed by atoms with Crippen molar-refractivity contribution in [3.63, 3.8) is 0 Å². The first kappa shape index (κ1) is 20.9. The Bertz CT molecular complexity index is 872. The number of benzene rings is 2. The number of hydrogen-bond acceptors (Lipinski definition) is 3. The lowest BCUT2D eigenvalue weighted by molar-refractivity contribution is -0.137. The van der Waals surface area contributed by atoms with Crippen molar-refractivity contribution >= 4 is 11.6 Å². The number of alkyl halides is 3. The molecule has 156 valence electrons. The zero-order valence-corrected chi connectivity index (χ0v) is 15.3. The van der Waals surface area contributed by atoms with Gasteiger partial charge in [-0.3, -0.25) is 4.79 Å². The summed E-state index contributed by atoms with van der Waals surface area (Å²) >= 11 is 0. The van der Waals surface area contributed by atoms with Crippen LogP contribution in [0.4, 0.5) is 27.6 Å². The standard InChI is InChI=1S/C20H19F5N2O2/c21-17-5-4-15(9-18(17)22)27-7-6-13(11-27)10-26-19(28)12-29-16-3-1-2-14(8-16)20(23,24)25/h1-5,8-9,13H,6-7,10-12H2,(H,26,28). The molecule has 1 aliphatic heterocycles. The van der Waals surface area contributed by atoms with E-state index in [-0.39, 0.29) is 11.7 Å². The highest BCUT2D eigenvalue weighted by atomic mass is 19.4. The fourth-order valence-electron chi connectivity index (χ4n) is 3.14. The first-order valence-electron chi connectivity index (χ1n) is 8.99. The van der Waals surface area contributed by atoms with Crippen molar-refractivity contribution < 1.29 is 31.5 Å². The number of amides is 1. The summed E-state index contributed by atoms with van der Waals surface area (Å²) in [7, 11) is 0. The Balaban J connectivity index is 1.44. The number of nitrogens with zero attached hydrogens (tertiary/aromatic N) is 1. The van der Waals surface area contributed by atoms with E-state index in [0.29, 0.717) is 25.3 Å². The van der Waals surface area contributed by atoms with Gasteiger partial charge in [0.2, 0.25) is 0 Å². The maximum Gasteiger partial charge on any atom is 0.416 e. The first-order valence-corrected chi connectivity index (χ1v) is 8.99. The molecule has 1 fully saturated rings. The summed E-state index contributed by atoms with van der Waals surface area (Å²) in [4.78, 5) is 13.8. The lowest BCUT2D eigenvalue weighted by Gasteiger charge is -2.19. The molecule has 0 bridgehead atoms. The second kappa shape index (κ2) is 8.67. The largest absolute Gasteiger partial charge is 0.484 e. The monoisotopic (exact) mass is 414 g/mol. The van der Waals surface area contributed by atoms with Gasteiger partial charge >= 0.3 is 6.18 Å². The molecule has 1 aliphatic rings. The zero-order valence-electron chi connectivity index (χ0n) is 15.3. The van der Waals surface area contributed by atoms with Crippen LogP contribution >= 0.6 is 0 Å². The number of rotatable bonds is 6. The molecule has 0 spiro atoms. The highest BCUT2D eigenvalue weighted by molar-refractivity contribution is 5.77. The van der Waals surface area contributed by atoms with E-state index in [2.05, 4.69) is 5.32 Å². The number of nitrogens with one attached hydrogen (secondary N) is 1. The third-order valence-corrected chi connectivity index (χ3v) is 4.67. The number of halogens is 5. The van der Waals surface area contributed by atoms with Crippen LogP contribution in [0.3, 0.4) is 0 Å². The first-order chi connectivity index (χ1) is 13.7. The van der Waals surface area contributed by atoms with Crippen LogP contribution in [0.15, 0.2) is 42.5 Å². The lowest BCUT2D eigenvalue weighted by atomic mass is 10.1. The van der Waals surface area contributed by atoms with Crippen LogP contribution in [-0.4, -0.2) is 32.1 Å². The average Bonchev–Trinajstić information content (AvgIpc) is 3.15. The summed E-state index contributed by atoms with van der Waals surface area (Å²) in [5, 5.41) is 2.69. The van der Waals surface area contributed by atoms with Crippen molar-refractivity contribution in [2.24, 2.45) is 5.92 Å². The van der Waals surface area contributed by atoms with E-state index in [1.54, 1.807) is 0 Å². The lowest BCUT2D eigenvalue weighted by Crippen LogP contribution is -2.34. The molecule has 1 heterocycles. The van der Waals surface area contributed by atoms with Crippen molar-refractivity contribution in [3.05, 3.63) is 59.7 Å². The van der Waals surface area contributed by atoms with Gasteiger partial charge in [-0.05, 0) is 42.7 Å². The van der Waals surface area contributed by atoms with Crippen LogP contribution in [-0.2, 0) is 11.0 Å². The zero-order chi connectivity index (χ0) is 21.0. The van der Waals surface area contributed by atoms with E-state index >= 15 is 0 Å². The van der Waals surface area contributed by atoms with Crippen LogP contribution in [0.1, 0.15) is 12.0 Å². The molecule has 4 nitrogen and oxygen atoms in total. The van der Waals surface area contributed by atoms with E-state index in [0.717, 1.165) is 30.7 Å². The predicted molar refractivity (Wildman–Crippen MR) is 96.6 cm³/mol. The summed E-state index contributed by atoms with van der Waals surface area (Å²) in [6.07, 6.45) is -3.73. The van der Waals surface area contributed by atoms with Gasteiger partial charge < -0.3 is 15.0 Å². The van der Waals surface area contributed by atoms with Crippen molar-refractivity contribution in [1.29, 1.82) is 0 Å². The summed E-state index contributed by atoms with van der Waals surface area (Å²) in [6, 6.07) is 8.03. The third-order valence-electron chi connectivity index (χ3n) is 4.67. The molecule has 9 heteroatoms. The molecule has 3 rings (SSSR count). The quantitative estimate of drug-likeness (QED) is 0.727. The average molecular weight is 414 g/mol. The Labute approximate surface area is 164 Å². The molecule has 1 amide bonds. The molecule has 0 saturated carbocycles. The van der Waals surface area contributed by atoms with Crippen molar-refractivity contribution in [2.75, 3.05) is 31.1 Å². The van der Waals surface area contributed by atoms with Crippen molar-refractivity contribution in [1.82, 2.24) is 5.32 Å². The van der Waals surface area contributed by atoms with Gasteiger partial charge in [0.1, 0.15) is 5.75 Å². The van der Waals surface area contributed by atoms with Gasteiger partial charge in [-0.25, -0.2) is 8.78 Å². The highest BCUT2D eigenvalue weighted by Gasteiger charge is 2.30.